The number of halogens is 1. The average molecular weight is 283 g/mol. The van der Waals surface area contributed by atoms with E-state index in [2.05, 4.69) is 4.90 Å². The Hall–Kier alpha value is -1.89. The minimum absolute atomic E-state index is 0.0268. The van der Waals surface area contributed by atoms with Gasteiger partial charge >= 0.3 is 0 Å². The Morgan fingerprint density at radius 1 is 1.50 bits per heavy atom. The molecule has 0 radical (unpaired) electrons. The quantitative estimate of drug-likeness (QED) is 0.624. The van der Waals surface area contributed by atoms with Gasteiger partial charge in [-0.1, -0.05) is 0 Å². The first kappa shape index (κ1) is 14.5. The summed E-state index contributed by atoms with van der Waals surface area (Å²) in [6.45, 7) is 1.39. The Morgan fingerprint density at radius 2 is 2.20 bits per heavy atom. The number of hydrogen-bond donors (Lipinski definition) is 0. The first-order chi connectivity index (χ1) is 9.43. The van der Waals surface area contributed by atoms with Crippen LogP contribution >= 0.6 is 0 Å². The van der Waals surface area contributed by atoms with E-state index in [9.17, 15) is 14.5 Å². The molecule has 7 heteroatoms. The van der Waals surface area contributed by atoms with Crippen LogP contribution in [-0.2, 0) is 0 Å². The van der Waals surface area contributed by atoms with Crippen LogP contribution in [0.25, 0.3) is 0 Å². The zero-order valence-corrected chi connectivity index (χ0v) is 11.8. The third kappa shape index (κ3) is 2.67. The second kappa shape index (κ2) is 5.62. The van der Waals surface area contributed by atoms with Crippen molar-refractivity contribution in [2.45, 2.75) is 12.5 Å². The van der Waals surface area contributed by atoms with Gasteiger partial charge in [0, 0.05) is 25.2 Å². The normalized spacial score (nSPS) is 18.6. The lowest BCUT2D eigenvalue weighted by molar-refractivity contribution is -0.384. The molecule has 0 bridgehead atoms. The number of nitrogens with zero attached hydrogens (tertiary/aromatic N) is 3. The van der Waals surface area contributed by atoms with Gasteiger partial charge in [-0.15, -0.1) is 0 Å². The lowest BCUT2D eigenvalue weighted by Gasteiger charge is -2.22. The van der Waals surface area contributed by atoms with Crippen LogP contribution in [-0.4, -0.2) is 50.2 Å². The second-order valence-corrected chi connectivity index (χ2v) is 5.08. The van der Waals surface area contributed by atoms with Gasteiger partial charge in [-0.3, -0.25) is 10.1 Å². The molecule has 1 unspecified atom stereocenters. The van der Waals surface area contributed by atoms with Crippen LogP contribution in [0.5, 0.6) is 5.75 Å². The van der Waals surface area contributed by atoms with Crippen molar-refractivity contribution < 1.29 is 14.1 Å². The van der Waals surface area contributed by atoms with Gasteiger partial charge in [0.2, 0.25) is 0 Å². The lowest BCUT2D eigenvalue weighted by Crippen LogP contribution is -2.31. The molecule has 1 aliphatic heterocycles. The van der Waals surface area contributed by atoms with Gasteiger partial charge in [0.15, 0.2) is 11.6 Å². The number of methoxy groups -OCH3 is 1. The predicted molar refractivity (Wildman–Crippen MR) is 73.9 cm³/mol. The summed E-state index contributed by atoms with van der Waals surface area (Å²) in [4.78, 5) is 14.5. The smallest absolute Gasteiger partial charge is 0.295 e. The Balaban J connectivity index is 2.37. The molecule has 1 aliphatic rings. The van der Waals surface area contributed by atoms with E-state index in [1.54, 1.807) is 0 Å². The van der Waals surface area contributed by atoms with Gasteiger partial charge in [-0.25, -0.2) is 4.39 Å². The molecule has 0 aromatic heterocycles. The highest BCUT2D eigenvalue weighted by molar-refractivity contribution is 5.66. The van der Waals surface area contributed by atoms with Gasteiger partial charge in [0.25, 0.3) is 5.69 Å². The fourth-order valence-electron chi connectivity index (χ4n) is 2.47. The van der Waals surface area contributed by atoms with Crippen LogP contribution in [0.2, 0.25) is 0 Å². The van der Waals surface area contributed by atoms with Crippen molar-refractivity contribution in [3.8, 4) is 5.75 Å². The number of anilines is 1. The average Bonchev–Trinajstić information content (AvgIpc) is 2.87. The Morgan fingerprint density at radius 3 is 2.70 bits per heavy atom. The predicted octanol–water partition coefficient (Wildman–Crippen LogP) is 1.88. The van der Waals surface area contributed by atoms with Crippen LogP contribution in [0.15, 0.2) is 12.1 Å². The molecule has 0 saturated carbocycles. The minimum atomic E-state index is -0.716. The van der Waals surface area contributed by atoms with E-state index in [1.807, 2.05) is 19.0 Å². The topological polar surface area (TPSA) is 58.8 Å². The maximum atomic E-state index is 13.6. The molecule has 20 heavy (non-hydrogen) atoms. The molecule has 1 atom stereocenters. The largest absolute Gasteiger partial charge is 0.494 e. The molecule has 0 N–H and O–H groups in total. The molecular formula is C13H18FN3O3. The maximum Gasteiger partial charge on any atom is 0.295 e. The van der Waals surface area contributed by atoms with Crippen molar-refractivity contribution in [2.24, 2.45) is 0 Å². The molecule has 1 aromatic carbocycles. The number of hydrogen-bond acceptors (Lipinski definition) is 5. The third-order valence-electron chi connectivity index (χ3n) is 3.68. The second-order valence-electron chi connectivity index (χ2n) is 5.08. The number of rotatable bonds is 4. The van der Waals surface area contributed by atoms with Gasteiger partial charge in [0.1, 0.15) is 5.69 Å². The summed E-state index contributed by atoms with van der Waals surface area (Å²) < 4.78 is 18.5. The Kier molecular flexibility index (Phi) is 4.08. The van der Waals surface area contributed by atoms with Crippen LogP contribution in [0, 0.1) is 15.9 Å². The Labute approximate surface area is 116 Å². The van der Waals surface area contributed by atoms with Gasteiger partial charge in [-0.05, 0) is 20.5 Å². The number of benzene rings is 1. The number of likely N-dealkylation sites (N-methyl/N-ethyl adjacent to an activating group) is 1. The number of nitro groups is 1. The number of ether oxygens (including phenoxy) is 1. The first-order valence-corrected chi connectivity index (χ1v) is 6.37. The fourth-order valence-corrected chi connectivity index (χ4v) is 2.47. The monoisotopic (exact) mass is 283 g/mol. The van der Waals surface area contributed by atoms with Crippen LogP contribution in [0.3, 0.4) is 0 Å². The van der Waals surface area contributed by atoms with Crippen LogP contribution in [0.1, 0.15) is 6.42 Å². The van der Waals surface area contributed by atoms with E-state index in [0.29, 0.717) is 24.8 Å². The summed E-state index contributed by atoms with van der Waals surface area (Å²) >= 11 is 0. The Bertz CT molecular complexity index is 522. The molecule has 110 valence electrons. The molecule has 6 nitrogen and oxygen atoms in total. The zero-order chi connectivity index (χ0) is 14.9. The highest BCUT2D eigenvalue weighted by Crippen LogP contribution is 2.36. The summed E-state index contributed by atoms with van der Waals surface area (Å²) in [6, 6.07) is 2.67. The molecule has 0 amide bonds. The van der Waals surface area contributed by atoms with Crippen molar-refractivity contribution in [1.82, 2.24) is 4.90 Å². The lowest BCUT2D eigenvalue weighted by atomic mass is 10.2. The molecule has 0 aliphatic carbocycles. The van der Waals surface area contributed by atoms with Crippen LogP contribution < -0.4 is 9.64 Å². The van der Waals surface area contributed by atoms with Crippen molar-refractivity contribution in [3.05, 3.63) is 28.1 Å². The summed E-state index contributed by atoms with van der Waals surface area (Å²) in [7, 11) is 5.31. The van der Waals surface area contributed by atoms with Crippen molar-refractivity contribution >= 4 is 11.4 Å². The van der Waals surface area contributed by atoms with E-state index in [0.717, 1.165) is 12.5 Å². The molecule has 2 rings (SSSR count). The number of nitro benzene ring substituents is 1. The van der Waals surface area contributed by atoms with E-state index in [-0.39, 0.29) is 11.4 Å². The molecule has 1 heterocycles. The summed E-state index contributed by atoms with van der Waals surface area (Å²) in [6.07, 6.45) is 0.920. The standard InChI is InChI=1S/C13H18FN3O3/c1-15(2)9-4-5-16(8-9)11-7-13(20-3)10(14)6-12(11)17(18)19/h6-7,9H,4-5,8H2,1-3H3. The summed E-state index contributed by atoms with van der Waals surface area (Å²) in [5.74, 6) is -0.690. The zero-order valence-electron chi connectivity index (χ0n) is 11.8. The van der Waals surface area contributed by atoms with E-state index in [4.69, 9.17) is 4.74 Å². The molecular weight excluding hydrogens is 265 g/mol. The fraction of sp³-hybridized carbons (Fsp3) is 0.538. The van der Waals surface area contributed by atoms with E-state index in [1.165, 1.54) is 13.2 Å². The molecule has 1 fully saturated rings. The highest BCUT2D eigenvalue weighted by Gasteiger charge is 2.30. The maximum absolute atomic E-state index is 13.6. The van der Waals surface area contributed by atoms with E-state index >= 15 is 0 Å². The van der Waals surface area contributed by atoms with Gasteiger partial charge in [0.05, 0.1) is 18.1 Å². The molecule has 1 aromatic rings. The van der Waals surface area contributed by atoms with Gasteiger partial charge < -0.3 is 14.5 Å². The minimum Gasteiger partial charge on any atom is -0.494 e. The first-order valence-electron chi connectivity index (χ1n) is 6.37. The van der Waals surface area contributed by atoms with Crippen molar-refractivity contribution in [1.29, 1.82) is 0 Å². The van der Waals surface area contributed by atoms with Gasteiger partial charge in [-0.2, -0.15) is 0 Å². The molecule has 1 saturated heterocycles. The summed E-state index contributed by atoms with van der Waals surface area (Å²) in [5, 5.41) is 11.1. The highest BCUT2D eigenvalue weighted by atomic mass is 19.1. The summed E-state index contributed by atoms with van der Waals surface area (Å²) in [5.41, 5.74) is 0.195. The van der Waals surface area contributed by atoms with Crippen molar-refractivity contribution in [2.75, 3.05) is 39.2 Å². The van der Waals surface area contributed by atoms with Crippen LogP contribution in [0.4, 0.5) is 15.8 Å². The molecule has 0 spiro atoms. The van der Waals surface area contributed by atoms with E-state index < -0.39 is 10.7 Å². The SMILES string of the molecule is COc1cc(N2CCC(N(C)C)C2)c([N+](=O)[O-])cc1F. The third-order valence-corrected chi connectivity index (χ3v) is 3.68. The van der Waals surface area contributed by atoms with Crippen molar-refractivity contribution in [3.63, 3.8) is 0 Å².